The van der Waals surface area contributed by atoms with Gasteiger partial charge in [0.25, 0.3) is 0 Å². The molecule has 0 aliphatic heterocycles. The van der Waals surface area contributed by atoms with Gasteiger partial charge < -0.3 is 15.2 Å². The smallest absolute Gasteiger partial charge is 0.121 e. The SMILES string of the molecule is COc1ccc(CCNC2CCC(O)CC2)cc1C. The summed E-state index contributed by atoms with van der Waals surface area (Å²) in [5, 5.41) is 13.1. The van der Waals surface area contributed by atoms with Crippen molar-refractivity contribution in [3.63, 3.8) is 0 Å². The first-order valence-corrected chi connectivity index (χ1v) is 7.24. The van der Waals surface area contributed by atoms with Gasteiger partial charge in [-0.3, -0.25) is 0 Å². The molecule has 2 rings (SSSR count). The Labute approximate surface area is 116 Å². The van der Waals surface area contributed by atoms with Crippen molar-refractivity contribution >= 4 is 0 Å². The second-order valence-corrected chi connectivity index (χ2v) is 5.51. The Hall–Kier alpha value is -1.06. The van der Waals surface area contributed by atoms with Crippen molar-refractivity contribution in [2.45, 2.75) is 51.2 Å². The molecule has 0 amide bonds. The third-order valence-corrected chi connectivity index (χ3v) is 4.00. The Morgan fingerprint density at radius 1 is 1.26 bits per heavy atom. The van der Waals surface area contributed by atoms with Gasteiger partial charge in [0.15, 0.2) is 0 Å². The number of ether oxygens (including phenoxy) is 1. The molecule has 2 N–H and O–H groups in total. The van der Waals surface area contributed by atoms with Crippen molar-refractivity contribution in [3.05, 3.63) is 29.3 Å². The first kappa shape index (κ1) is 14.4. The summed E-state index contributed by atoms with van der Waals surface area (Å²) in [5.41, 5.74) is 2.54. The Balaban J connectivity index is 1.75. The van der Waals surface area contributed by atoms with Crippen LogP contribution in [0, 0.1) is 6.92 Å². The van der Waals surface area contributed by atoms with Gasteiger partial charge in [-0.15, -0.1) is 0 Å². The molecule has 0 radical (unpaired) electrons. The number of rotatable bonds is 5. The van der Waals surface area contributed by atoms with Crippen LogP contribution in [0.2, 0.25) is 0 Å². The number of aliphatic hydroxyl groups excluding tert-OH is 1. The summed E-state index contributed by atoms with van der Waals surface area (Å²) in [6, 6.07) is 6.97. The number of benzene rings is 1. The molecule has 106 valence electrons. The highest BCUT2D eigenvalue weighted by atomic mass is 16.5. The molecule has 1 fully saturated rings. The Bertz CT molecular complexity index is 398. The number of hydrogen-bond acceptors (Lipinski definition) is 3. The molecule has 1 aromatic carbocycles. The minimum absolute atomic E-state index is 0.0673. The van der Waals surface area contributed by atoms with Gasteiger partial charge in [-0.2, -0.15) is 0 Å². The van der Waals surface area contributed by atoms with E-state index in [2.05, 4.69) is 24.4 Å². The van der Waals surface area contributed by atoms with Gasteiger partial charge in [0, 0.05) is 6.04 Å². The maximum Gasteiger partial charge on any atom is 0.121 e. The summed E-state index contributed by atoms with van der Waals surface area (Å²) in [7, 11) is 1.71. The van der Waals surface area contributed by atoms with Crippen LogP contribution in [0.5, 0.6) is 5.75 Å². The van der Waals surface area contributed by atoms with E-state index < -0.39 is 0 Å². The lowest BCUT2D eigenvalue weighted by Crippen LogP contribution is -2.35. The minimum atomic E-state index is -0.0673. The van der Waals surface area contributed by atoms with E-state index in [1.807, 2.05) is 6.07 Å². The summed E-state index contributed by atoms with van der Waals surface area (Å²) in [6.07, 6.45) is 5.07. The van der Waals surface area contributed by atoms with Gasteiger partial charge in [0.1, 0.15) is 5.75 Å². The number of aliphatic hydroxyl groups is 1. The molecular formula is C16H25NO2. The lowest BCUT2D eigenvalue weighted by atomic mass is 9.93. The molecule has 1 aliphatic carbocycles. The summed E-state index contributed by atoms with van der Waals surface area (Å²) in [6.45, 7) is 3.09. The summed E-state index contributed by atoms with van der Waals surface area (Å²) in [5.74, 6) is 0.956. The molecule has 1 saturated carbocycles. The summed E-state index contributed by atoms with van der Waals surface area (Å²) >= 11 is 0. The lowest BCUT2D eigenvalue weighted by molar-refractivity contribution is 0.117. The molecule has 0 aromatic heterocycles. The van der Waals surface area contributed by atoms with Crippen molar-refractivity contribution in [2.24, 2.45) is 0 Å². The van der Waals surface area contributed by atoms with Gasteiger partial charge in [0.2, 0.25) is 0 Å². The monoisotopic (exact) mass is 263 g/mol. The third-order valence-electron chi connectivity index (χ3n) is 4.00. The second-order valence-electron chi connectivity index (χ2n) is 5.51. The zero-order valence-electron chi connectivity index (χ0n) is 12.0. The highest BCUT2D eigenvalue weighted by molar-refractivity contribution is 5.36. The molecule has 0 unspecified atom stereocenters. The van der Waals surface area contributed by atoms with E-state index >= 15 is 0 Å². The van der Waals surface area contributed by atoms with E-state index in [0.29, 0.717) is 6.04 Å². The number of methoxy groups -OCH3 is 1. The van der Waals surface area contributed by atoms with Crippen LogP contribution >= 0.6 is 0 Å². The molecule has 0 spiro atoms. The van der Waals surface area contributed by atoms with Gasteiger partial charge in [-0.1, -0.05) is 12.1 Å². The quantitative estimate of drug-likeness (QED) is 0.857. The fraction of sp³-hybridized carbons (Fsp3) is 0.625. The average Bonchev–Trinajstić information content (AvgIpc) is 2.41. The van der Waals surface area contributed by atoms with Crippen LogP contribution in [-0.4, -0.2) is 30.9 Å². The normalized spacial score (nSPS) is 23.3. The minimum Gasteiger partial charge on any atom is -0.496 e. The second kappa shape index (κ2) is 6.92. The van der Waals surface area contributed by atoms with Crippen molar-refractivity contribution in [1.29, 1.82) is 0 Å². The molecular weight excluding hydrogens is 238 g/mol. The fourth-order valence-corrected chi connectivity index (χ4v) is 2.80. The zero-order valence-corrected chi connectivity index (χ0v) is 12.0. The molecule has 0 saturated heterocycles. The fourth-order valence-electron chi connectivity index (χ4n) is 2.80. The van der Waals surface area contributed by atoms with Crippen LogP contribution in [0.1, 0.15) is 36.8 Å². The summed E-state index contributed by atoms with van der Waals surface area (Å²) in [4.78, 5) is 0. The van der Waals surface area contributed by atoms with Crippen molar-refractivity contribution in [3.8, 4) is 5.75 Å². The third kappa shape index (κ3) is 4.22. The topological polar surface area (TPSA) is 41.5 Å². The van der Waals surface area contributed by atoms with Crippen LogP contribution in [-0.2, 0) is 6.42 Å². The molecule has 1 aromatic rings. The number of hydrogen-bond donors (Lipinski definition) is 2. The van der Waals surface area contributed by atoms with E-state index in [1.165, 1.54) is 11.1 Å². The Morgan fingerprint density at radius 3 is 2.63 bits per heavy atom. The molecule has 0 heterocycles. The maximum atomic E-state index is 9.47. The Kier molecular flexibility index (Phi) is 5.23. The van der Waals surface area contributed by atoms with E-state index in [0.717, 1.165) is 44.4 Å². The van der Waals surface area contributed by atoms with Gasteiger partial charge in [-0.25, -0.2) is 0 Å². The summed E-state index contributed by atoms with van der Waals surface area (Å²) < 4.78 is 5.27. The van der Waals surface area contributed by atoms with E-state index in [-0.39, 0.29) is 6.10 Å². The van der Waals surface area contributed by atoms with Crippen molar-refractivity contribution in [1.82, 2.24) is 5.32 Å². The van der Waals surface area contributed by atoms with Crippen LogP contribution in [0.25, 0.3) is 0 Å². The lowest BCUT2D eigenvalue weighted by Gasteiger charge is -2.26. The van der Waals surface area contributed by atoms with Crippen molar-refractivity contribution < 1.29 is 9.84 Å². The maximum absolute atomic E-state index is 9.47. The molecule has 1 aliphatic rings. The largest absolute Gasteiger partial charge is 0.496 e. The molecule has 19 heavy (non-hydrogen) atoms. The number of nitrogens with one attached hydrogen (secondary N) is 1. The van der Waals surface area contributed by atoms with Gasteiger partial charge >= 0.3 is 0 Å². The first-order valence-electron chi connectivity index (χ1n) is 7.24. The van der Waals surface area contributed by atoms with Crippen LogP contribution in [0.4, 0.5) is 0 Å². The Morgan fingerprint density at radius 2 is 2.00 bits per heavy atom. The van der Waals surface area contributed by atoms with Crippen LogP contribution < -0.4 is 10.1 Å². The van der Waals surface area contributed by atoms with E-state index in [9.17, 15) is 5.11 Å². The molecule has 3 nitrogen and oxygen atoms in total. The van der Waals surface area contributed by atoms with Crippen LogP contribution in [0.15, 0.2) is 18.2 Å². The standard InChI is InChI=1S/C16H25NO2/c1-12-11-13(3-8-16(12)19-2)9-10-17-14-4-6-15(18)7-5-14/h3,8,11,14-15,17-18H,4-7,9-10H2,1-2H3. The van der Waals surface area contributed by atoms with Gasteiger partial charge in [0.05, 0.1) is 13.2 Å². The predicted molar refractivity (Wildman–Crippen MR) is 77.7 cm³/mol. The molecule has 0 atom stereocenters. The molecule has 3 heteroatoms. The van der Waals surface area contributed by atoms with E-state index in [4.69, 9.17) is 4.74 Å². The van der Waals surface area contributed by atoms with Crippen LogP contribution in [0.3, 0.4) is 0 Å². The van der Waals surface area contributed by atoms with E-state index in [1.54, 1.807) is 7.11 Å². The molecule has 0 bridgehead atoms. The highest BCUT2D eigenvalue weighted by Crippen LogP contribution is 2.20. The van der Waals surface area contributed by atoms with Gasteiger partial charge in [-0.05, 0) is 62.8 Å². The average molecular weight is 263 g/mol. The zero-order chi connectivity index (χ0) is 13.7. The van der Waals surface area contributed by atoms with Crippen molar-refractivity contribution in [2.75, 3.05) is 13.7 Å². The predicted octanol–water partition coefficient (Wildman–Crippen LogP) is 2.44. The highest BCUT2D eigenvalue weighted by Gasteiger charge is 2.18. The first-order chi connectivity index (χ1) is 9.19. The number of aryl methyl sites for hydroxylation is 1.